The molecule has 2 aromatic heterocycles. The third kappa shape index (κ3) is 2.23. The molecule has 23 heavy (non-hydrogen) atoms. The molecule has 2 atom stereocenters. The summed E-state index contributed by atoms with van der Waals surface area (Å²) >= 11 is 1.82. The molecule has 0 fully saturated rings. The minimum absolute atomic E-state index is 0.0525. The van der Waals surface area contributed by atoms with Gasteiger partial charge in [-0.3, -0.25) is 9.20 Å². The van der Waals surface area contributed by atoms with E-state index in [1.807, 2.05) is 63.7 Å². The predicted molar refractivity (Wildman–Crippen MR) is 93.2 cm³/mol. The lowest BCUT2D eigenvalue weighted by atomic mass is 10.1. The highest BCUT2D eigenvalue weighted by molar-refractivity contribution is 8.00. The van der Waals surface area contributed by atoms with Crippen molar-refractivity contribution < 1.29 is 4.79 Å². The number of thioether (sulfide) groups is 1. The molecule has 1 amide bonds. The number of amides is 1. The van der Waals surface area contributed by atoms with Crippen LogP contribution in [0.4, 0.5) is 5.69 Å². The molecule has 0 radical (unpaired) electrons. The van der Waals surface area contributed by atoms with Gasteiger partial charge in [0.15, 0.2) is 0 Å². The molecular weight excluding hydrogens is 306 g/mol. The molecule has 4 nitrogen and oxygen atoms in total. The highest BCUT2D eigenvalue weighted by atomic mass is 32.2. The highest BCUT2D eigenvalue weighted by Crippen LogP contribution is 2.41. The Morgan fingerprint density at radius 1 is 1.13 bits per heavy atom. The molecule has 0 spiro atoms. The van der Waals surface area contributed by atoms with Crippen molar-refractivity contribution in [1.29, 1.82) is 0 Å². The van der Waals surface area contributed by atoms with E-state index in [1.54, 1.807) is 6.20 Å². The number of pyridine rings is 1. The van der Waals surface area contributed by atoms with Gasteiger partial charge in [-0.1, -0.05) is 25.1 Å². The Morgan fingerprint density at radius 3 is 2.78 bits per heavy atom. The highest BCUT2D eigenvalue weighted by Gasteiger charge is 2.35. The van der Waals surface area contributed by atoms with Crippen LogP contribution in [0.5, 0.6) is 0 Å². The largest absolute Gasteiger partial charge is 0.301 e. The monoisotopic (exact) mass is 323 g/mol. The Morgan fingerprint density at radius 2 is 1.91 bits per heavy atom. The molecule has 1 aliphatic rings. The zero-order chi connectivity index (χ0) is 16.0. The molecule has 116 valence electrons. The number of anilines is 1. The number of aromatic nitrogens is 2. The molecule has 1 aliphatic heterocycles. The summed E-state index contributed by atoms with van der Waals surface area (Å²) in [7, 11) is 0. The molecule has 3 aromatic rings. The third-order valence-electron chi connectivity index (χ3n) is 4.37. The van der Waals surface area contributed by atoms with Crippen LogP contribution in [-0.4, -0.2) is 26.6 Å². The van der Waals surface area contributed by atoms with Crippen LogP contribution in [-0.2, 0) is 0 Å². The fraction of sp³-hybridized carbons (Fsp3) is 0.222. The molecule has 0 aliphatic carbocycles. The van der Waals surface area contributed by atoms with Gasteiger partial charge in [0.1, 0.15) is 0 Å². The number of para-hydroxylation sites is 1. The first kappa shape index (κ1) is 14.3. The molecular formula is C18H17N3OS. The number of carbonyl (C=O) groups is 1. The van der Waals surface area contributed by atoms with Gasteiger partial charge >= 0.3 is 0 Å². The predicted octanol–water partition coefficient (Wildman–Crippen LogP) is 3.86. The van der Waals surface area contributed by atoms with Crippen molar-refractivity contribution in [2.75, 3.05) is 4.90 Å². The molecule has 1 aromatic carbocycles. The molecule has 2 unspecified atom stereocenters. The maximum atomic E-state index is 13.2. The average molecular weight is 323 g/mol. The number of hydrogen-bond donors (Lipinski definition) is 0. The minimum atomic E-state index is -0.0525. The molecule has 0 N–H and O–H groups in total. The van der Waals surface area contributed by atoms with Gasteiger partial charge in [0.05, 0.1) is 17.4 Å². The van der Waals surface area contributed by atoms with Gasteiger partial charge in [-0.05, 0) is 31.2 Å². The fourth-order valence-electron chi connectivity index (χ4n) is 2.99. The van der Waals surface area contributed by atoms with Crippen LogP contribution in [0.1, 0.15) is 24.5 Å². The van der Waals surface area contributed by atoms with Gasteiger partial charge in [0.25, 0.3) is 5.91 Å². The second-order valence-corrected chi connectivity index (χ2v) is 7.20. The summed E-state index contributed by atoms with van der Waals surface area (Å²) in [6.07, 6.45) is 3.63. The van der Waals surface area contributed by atoms with Crippen LogP contribution < -0.4 is 4.90 Å². The number of nitrogens with zero attached hydrogens (tertiary/aromatic N) is 3. The summed E-state index contributed by atoms with van der Waals surface area (Å²) in [6, 6.07) is 14.0. The number of carbonyl (C=O) groups excluding carboxylic acids is 1. The Balaban J connectivity index is 1.84. The molecule has 0 saturated heterocycles. The molecule has 0 saturated carbocycles. The van der Waals surface area contributed by atoms with Crippen molar-refractivity contribution in [3.8, 4) is 0 Å². The molecule has 0 bridgehead atoms. The normalized spacial score (nSPS) is 20.5. The first-order valence-electron chi connectivity index (χ1n) is 7.68. The zero-order valence-corrected chi connectivity index (χ0v) is 13.8. The van der Waals surface area contributed by atoms with Crippen molar-refractivity contribution in [2.45, 2.75) is 30.0 Å². The van der Waals surface area contributed by atoms with Crippen LogP contribution in [0.3, 0.4) is 0 Å². The van der Waals surface area contributed by atoms with E-state index in [0.717, 1.165) is 16.1 Å². The number of hydrogen-bond acceptors (Lipinski definition) is 3. The van der Waals surface area contributed by atoms with E-state index in [9.17, 15) is 4.79 Å². The maximum absolute atomic E-state index is 13.2. The second kappa shape index (κ2) is 5.42. The first-order chi connectivity index (χ1) is 11.2. The van der Waals surface area contributed by atoms with Crippen molar-refractivity contribution >= 4 is 28.9 Å². The van der Waals surface area contributed by atoms with Gasteiger partial charge in [0, 0.05) is 22.4 Å². The van der Waals surface area contributed by atoms with Gasteiger partial charge < -0.3 is 4.90 Å². The van der Waals surface area contributed by atoms with Crippen LogP contribution in [0.15, 0.2) is 59.8 Å². The topological polar surface area (TPSA) is 37.6 Å². The quantitative estimate of drug-likeness (QED) is 0.682. The fourth-order valence-corrected chi connectivity index (χ4v) is 4.15. The zero-order valence-electron chi connectivity index (χ0n) is 13.0. The SMILES string of the molecule is CC1Sc2ccccc2N(C(=O)c2ncc3ccccn23)C1C. The lowest BCUT2D eigenvalue weighted by Crippen LogP contribution is -2.46. The summed E-state index contributed by atoms with van der Waals surface area (Å²) in [5.41, 5.74) is 1.90. The van der Waals surface area contributed by atoms with Crippen molar-refractivity contribution in [2.24, 2.45) is 0 Å². The number of rotatable bonds is 1. The Bertz CT molecular complexity index is 889. The molecule has 4 rings (SSSR count). The summed E-state index contributed by atoms with van der Waals surface area (Å²) in [5.74, 6) is 0.407. The van der Waals surface area contributed by atoms with E-state index >= 15 is 0 Å². The summed E-state index contributed by atoms with van der Waals surface area (Å²) in [4.78, 5) is 20.6. The summed E-state index contributed by atoms with van der Waals surface area (Å²) in [6.45, 7) is 4.26. The summed E-state index contributed by atoms with van der Waals surface area (Å²) < 4.78 is 1.85. The standard InChI is InChI=1S/C18H17N3OS/c1-12-13(2)23-16-9-4-3-8-15(16)21(12)18(22)17-19-11-14-7-5-6-10-20(14)17/h3-13H,1-2H3. The van der Waals surface area contributed by atoms with Gasteiger partial charge in [-0.15, -0.1) is 11.8 Å². The number of benzene rings is 1. The molecule has 5 heteroatoms. The van der Waals surface area contributed by atoms with E-state index in [-0.39, 0.29) is 11.9 Å². The van der Waals surface area contributed by atoms with Crippen LogP contribution in [0.25, 0.3) is 5.52 Å². The van der Waals surface area contributed by atoms with E-state index in [1.165, 1.54) is 0 Å². The Kier molecular flexibility index (Phi) is 3.38. The van der Waals surface area contributed by atoms with Gasteiger partial charge in [-0.25, -0.2) is 4.98 Å². The average Bonchev–Trinajstić information content (AvgIpc) is 2.99. The summed E-state index contributed by atoms with van der Waals surface area (Å²) in [5, 5.41) is 0.333. The first-order valence-corrected chi connectivity index (χ1v) is 8.56. The Hall–Kier alpha value is -2.27. The minimum Gasteiger partial charge on any atom is -0.301 e. The van der Waals surface area contributed by atoms with E-state index < -0.39 is 0 Å². The third-order valence-corrected chi connectivity index (χ3v) is 5.74. The number of imidazole rings is 1. The van der Waals surface area contributed by atoms with E-state index in [4.69, 9.17) is 0 Å². The van der Waals surface area contributed by atoms with Crippen LogP contribution in [0, 0.1) is 0 Å². The number of fused-ring (bicyclic) bond motifs is 2. The second-order valence-electron chi connectivity index (χ2n) is 5.78. The van der Waals surface area contributed by atoms with Crippen LogP contribution in [0.2, 0.25) is 0 Å². The smallest absolute Gasteiger partial charge is 0.294 e. The van der Waals surface area contributed by atoms with E-state index in [2.05, 4.69) is 24.9 Å². The Labute approximate surface area is 139 Å². The van der Waals surface area contributed by atoms with Crippen molar-refractivity contribution in [3.05, 3.63) is 60.7 Å². The molecule has 3 heterocycles. The van der Waals surface area contributed by atoms with Gasteiger partial charge in [-0.2, -0.15) is 0 Å². The van der Waals surface area contributed by atoms with Gasteiger partial charge in [0.2, 0.25) is 5.82 Å². The maximum Gasteiger partial charge on any atom is 0.294 e. The van der Waals surface area contributed by atoms with Crippen molar-refractivity contribution in [1.82, 2.24) is 9.38 Å². The lowest BCUT2D eigenvalue weighted by Gasteiger charge is -2.38. The lowest BCUT2D eigenvalue weighted by molar-refractivity contribution is 0.0966. The van der Waals surface area contributed by atoms with Crippen molar-refractivity contribution in [3.63, 3.8) is 0 Å². The van der Waals surface area contributed by atoms with Crippen LogP contribution >= 0.6 is 11.8 Å². The van der Waals surface area contributed by atoms with E-state index in [0.29, 0.717) is 11.1 Å².